The Morgan fingerprint density at radius 2 is 2.40 bits per heavy atom. The lowest BCUT2D eigenvalue weighted by Gasteiger charge is -2.22. The van der Waals surface area contributed by atoms with Crippen molar-refractivity contribution in [3.8, 4) is 0 Å². The molecule has 0 amide bonds. The number of fused-ring (bicyclic) bond motifs is 1. The van der Waals surface area contributed by atoms with Gasteiger partial charge in [0.1, 0.15) is 5.82 Å². The predicted octanol–water partition coefficient (Wildman–Crippen LogP) is 2.56. The van der Waals surface area contributed by atoms with Crippen molar-refractivity contribution in [3.05, 3.63) is 29.6 Å². The van der Waals surface area contributed by atoms with Gasteiger partial charge in [-0.1, -0.05) is 0 Å². The lowest BCUT2D eigenvalue weighted by atomic mass is 9.97. The van der Waals surface area contributed by atoms with Crippen LogP contribution in [0, 0.1) is 11.7 Å². The minimum absolute atomic E-state index is 0.127. The van der Waals surface area contributed by atoms with Crippen LogP contribution in [0.4, 0.5) is 4.39 Å². The summed E-state index contributed by atoms with van der Waals surface area (Å²) in [5.74, 6) is -0.0853. The van der Waals surface area contributed by atoms with E-state index in [1.54, 1.807) is 17.8 Å². The molecule has 1 unspecified atom stereocenters. The number of carboxylic acid groups (broad SMARTS) is 1. The lowest BCUT2D eigenvalue weighted by molar-refractivity contribution is -0.137. The Labute approximate surface area is 91.5 Å². The third kappa shape index (κ3) is 2.50. The van der Waals surface area contributed by atoms with Crippen molar-refractivity contribution in [1.29, 1.82) is 0 Å². The van der Waals surface area contributed by atoms with Crippen molar-refractivity contribution in [3.63, 3.8) is 0 Å². The molecule has 0 aliphatic carbocycles. The monoisotopic (exact) mass is 226 g/mol. The summed E-state index contributed by atoms with van der Waals surface area (Å²) < 4.78 is 13.0. The van der Waals surface area contributed by atoms with E-state index in [9.17, 15) is 9.18 Å². The smallest absolute Gasteiger partial charge is 0.303 e. The summed E-state index contributed by atoms with van der Waals surface area (Å²) >= 11 is 1.62. The fourth-order valence-electron chi connectivity index (χ4n) is 1.80. The Morgan fingerprint density at radius 3 is 3.13 bits per heavy atom. The topological polar surface area (TPSA) is 37.3 Å². The van der Waals surface area contributed by atoms with Crippen molar-refractivity contribution in [1.82, 2.24) is 0 Å². The second-order valence-electron chi connectivity index (χ2n) is 3.73. The van der Waals surface area contributed by atoms with E-state index in [4.69, 9.17) is 5.11 Å². The molecule has 1 aliphatic rings. The molecular weight excluding hydrogens is 215 g/mol. The normalized spacial score (nSPS) is 19.7. The van der Waals surface area contributed by atoms with E-state index >= 15 is 0 Å². The quantitative estimate of drug-likeness (QED) is 0.842. The Morgan fingerprint density at radius 1 is 1.60 bits per heavy atom. The van der Waals surface area contributed by atoms with Gasteiger partial charge in [0, 0.05) is 17.1 Å². The van der Waals surface area contributed by atoms with Gasteiger partial charge in [-0.25, -0.2) is 4.39 Å². The van der Waals surface area contributed by atoms with Crippen LogP contribution in [-0.4, -0.2) is 16.8 Å². The molecule has 4 heteroatoms. The van der Waals surface area contributed by atoms with Crippen LogP contribution in [0.1, 0.15) is 12.0 Å². The number of hydrogen-bond acceptors (Lipinski definition) is 2. The van der Waals surface area contributed by atoms with Crippen LogP contribution in [0.15, 0.2) is 23.1 Å². The van der Waals surface area contributed by atoms with E-state index < -0.39 is 5.97 Å². The molecule has 1 N–H and O–H groups in total. The van der Waals surface area contributed by atoms with Gasteiger partial charge in [-0.3, -0.25) is 4.79 Å². The number of benzene rings is 1. The molecule has 0 saturated carbocycles. The largest absolute Gasteiger partial charge is 0.481 e. The second kappa shape index (κ2) is 4.23. The van der Waals surface area contributed by atoms with Crippen LogP contribution < -0.4 is 0 Å². The van der Waals surface area contributed by atoms with Crippen molar-refractivity contribution >= 4 is 17.7 Å². The maximum Gasteiger partial charge on any atom is 0.303 e. The van der Waals surface area contributed by atoms with Gasteiger partial charge in [0.25, 0.3) is 0 Å². The van der Waals surface area contributed by atoms with Crippen LogP contribution in [0.3, 0.4) is 0 Å². The number of rotatable bonds is 2. The molecule has 0 fully saturated rings. The van der Waals surface area contributed by atoms with Gasteiger partial charge < -0.3 is 5.11 Å². The van der Waals surface area contributed by atoms with E-state index in [0.717, 1.165) is 16.2 Å². The summed E-state index contributed by atoms with van der Waals surface area (Å²) in [6.45, 7) is 0. The van der Waals surface area contributed by atoms with E-state index in [2.05, 4.69) is 0 Å². The lowest BCUT2D eigenvalue weighted by Crippen LogP contribution is -2.17. The van der Waals surface area contributed by atoms with Gasteiger partial charge >= 0.3 is 5.97 Å². The molecule has 1 heterocycles. The Balaban J connectivity index is 2.14. The molecule has 1 aliphatic heterocycles. The van der Waals surface area contributed by atoms with E-state index in [1.165, 1.54) is 12.1 Å². The minimum atomic E-state index is -0.777. The molecule has 2 rings (SSSR count). The van der Waals surface area contributed by atoms with Crippen molar-refractivity contribution in [2.75, 3.05) is 5.75 Å². The van der Waals surface area contributed by atoms with Gasteiger partial charge in [-0.05, 0) is 36.1 Å². The highest BCUT2D eigenvalue weighted by Gasteiger charge is 2.21. The molecule has 0 bridgehead atoms. The zero-order valence-corrected chi connectivity index (χ0v) is 8.89. The summed E-state index contributed by atoms with van der Waals surface area (Å²) in [4.78, 5) is 11.6. The Hall–Kier alpha value is -1.03. The van der Waals surface area contributed by atoms with Gasteiger partial charge in [-0.15, -0.1) is 11.8 Å². The fourth-order valence-corrected chi connectivity index (χ4v) is 2.95. The standard InChI is InChI=1S/C11H11FO2S/c12-9-1-2-10-8(5-9)3-7(6-15-10)4-11(13)14/h1-2,5,7H,3-4,6H2,(H,13,14). The average Bonchev–Trinajstić information content (AvgIpc) is 2.16. The number of thioether (sulfide) groups is 1. The maximum absolute atomic E-state index is 13.0. The molecule has 2 nitrogen and oxygen atoms in total. The zero-order chi connectivity index (χ0) is 10.8. The van der Waals surface area contributed by atoms with Crippen LogP contribution >= 0.6 is 11.8 Å². The zero-order valence-electron chi connectivity index (χ0n) is 8.07. The third-order valence-corrected chi connectivity index (χ3v) is 3.82. The second-order valence-corrected chi connectivity index (χ2v) is 4.79. The third-order valence-electron chi connectivity index (χ3n) is 2.47. The minimum Gasteiger partial charge on any atom is -0.481 e. The molecule has 0 spiro atoms. The van der Waals surface area contributed by atoms with Gasteiger partial charge in [0.05, 0.1) is 0 Å². The van der Waals surface area contributed by atoms with Crippen molar-refractivity contribution in [2.45, 2.75) is 17.7 Å². The van der Waals surface area contributed by atoms with Gasteiger partial charge in [0.15, 0.2) is 0 Å². The summed E-state index contributed by atoms with van der Waals surface area (Å²) in [6, 6.07) is 4.73. The number of hydrogen-bond donors (Lipinski definition) is 1. The first kappa shape index (κ1) is 10.5. The van der Waals surface area contributed by atoms with E-state index in [-0.39, 0.29) is 18.2 Å². The van der Waals surface area contributed by atoms with Gasteiger partial charge in [0.2, 0.25) is 0 Å². The highest BCUT2D eigenvalue weighted by Crippen LogP contribution is 2.34. The molecule has 0 aromatic heterocycles. The Kier molecular flexibility index (Phi) is 2.95. The summed E-state index contributed by atoms with van der Waals surface area (Å²) in [7, 11) is 0. The first-order valence-corrected chi connectivity index (χ1v) is 5.76. The number of carbonyl (C=O) groups is 1. The van der Waals surface area contributed by atoms with Crippen LogP contribution in [-0.2, 0) is 11.2 Å². The highest BCUT2D eigenvalue weighted by molar-refractivity contribution is 7.99. The van der Waals surface area contributed by atoms with Crippen LogP contribution in [0.5, 0.6) is 0 Å². The number of carboxylic acids is 1. The Bertz CT molecular complexity index is 392. The van der Waals surface area contributed by atoms with Crippen LogP contribution in [0.2, 0.25) is 0 Å². The van der Waals surface area contributed by atoms with E-state index in [0.29, 0.717) is 6.42 Å². The maximum atomic E-state index is 13.0. The molecule has 80 valence electrons. The SMILES string of the molecule is O=C(O)CC1CSc2ccc(F)cc2C1. The predicted molar refractivity (Wildman–Crippen MR) is 56.6 cm³/mol. The summed E-state index contributed by atoms with van der Waals surface area (Å²) in [5, 5.41) is 8.68. The molecular formula is C11H11FO2S. The summed E-state index contributed by atoms with van der Waals surface area (Å²) in [6.07, 6.45) is 0.843. The van der Waals surface area contributed by atoms with E-state index in [1.807, 2.05) is 0 Å². The number of halogens is 1. The molecule has 15 heavy (non-hydrogen) atoms. The first-order chi connectivity index (χ1) is 7.15. The van der Waals surface area contributed by atoms with Crippen molar-refractivity contribution in [2.24, 2.45) is 5.92 Å². The summed E-state index contributed by atoms with van der Waals surface area (Å²) in [5.41, 5.74) is 0.942. The molecule has 0 radical (unpaired) electrons. The average molecular weight is 226 g/mol. The number of aliphatic carboxylic acids is 1. The van der Waals surface area contributed by atoms with Gasteiger partial charge in [-0.2, -0.15) is 0 Å². The molecule has 1 atom stereocenters. The fraction of sp³-hybridized carbons (Fsp3) is 0.364. The molecule has 1 aromatic rings. The molecule has 0 saturated heterocycles. The molecule has 1 aromatic carbocycles. The van der Waals surface area contributed by atoms with Crippen molar-refractivity contribution < 1.29 is 14.3 Å². The highest BCUT2D eigenvalue weighted by atomic mass is 32.2. The first-order valence-electron chi connectivity index (χ1n) is 4.78. The van der Waals surface area contributed by atoms with Crippen LogP contribution in [0.25, 0.3) is 0 Å².